The van der Waals surface area contributed by atoms with Crippen molar-refractivity contribution in [3.63, 3.8) is 0 Å². The topological polar surface area (TPSA) is 67.1 Å². The van der Waals surface area contributed by atoms with Gasteiger partial charge in [-0.05, 0) is 37.9 Å². The van der Waals surface area contributed by atoms with Crippen LogP contribution in [0, 0.1) is 11.8 Å². The van der Waals surface area contributed by atoms with Crippen molar-refractivity contribution in [3.8, 4) is 0 Å². The molecule has 0 radical (unpaired) electrons. The predicted octanol–water partition coefficient (Wildman–Crippen LogP) is 3.97. The molecule has 0 bridgehead atoms. The second kappa shape index (κ2) is 13.0. The van der Waals surface area contributed by atoms with Crippen LogP contribution in [-0.2, 0) is 13.0 Å². The Kier molecular flexibility index (Phi) is 11.5. The van der Waals surface area contributed by atoms with Crippen molar-refractivity contribution < 1.29 is 0 Å². The molecule has 0 saturated carbocycles. The van der Waals surface area contributed by atoms with E-state index < -0.39 is 0 Å². The van der Waals surface area contributed by atoms with Gasteiger partial charge in [0.25, 0.3) is 0 Å². The van der Waals surface area contributed by atoms with Crippen LogP contribution in [-0.4, -0.2) is 46.6 Å². The fraction of sp³-hybridized carbons (Fsp3) is 0.850. The van der Waals surface area contributed by atoms with E-state index in [-0.39, 0.29) is 0 Å². The van der Waals surface area contributed by atoms with Crippen molar-refractivity contribution in [1.82, 2.24) is 25.4 Å². The molecule has 0 amide bonds. The Hall–Kier alpha value is -1.24. The summed E-state index contributed by atoms with van der Waals surface area (Å²) in [5.74, 6) is 3.34. The number of nitrogens with zero attached hydrogens (tertiary/aromatic N) is 4. The molecule has 1 heterocycles. The summed E-state index contributed by atoms with van der Waals surface area (Å²) in [6.45, 7) is 13.1. The lowest BCUT2D eigenvalue weighted by atomic mass is 10.0. The summed E-state index contributed by atoms with van der Waals surface area (Å²) < 4.78 is 2.26. The minimum atomic E-state index is 0.438. The van der Waals surface area contributed by atoms with Crippen LogP contribution in [0.15, 0.2) is 10.1 Å². The van der Waals surface area contributed by atoms with Crippen LogP contribution in [0.3, 0.4) is 0 Å². The molecule has 1 atom stereocenters. The van der Waals surface area contributed by atoms with E-state index in [4.69, 9.17) is 0 Å². The maximum absolute atomic E-state index is 4.39. The lowest BCUT2D eigenvalue weighted by molar-refractivity contribution is 0.476. The number of aromatic nitrogens is 3. The molecule has 27 heavy (non-hydrogen) atoms. The highest BCUT2D eigenvalue weighted by Gasteiger charge is 2.12. The second-order valence-electron chi connectivity index (χ2n) is 8.08. The van der Waals surface area contributed by atoms with E-state index in [1.807, 2.05) is 7.05 Å². The number of hydrogen-bond acceptors (Lipinski definition) is 4. The van der Waals surface area contributed by atoms with Gasteiger partial charge < -0.3 is 15.2 Å². The highest BCUT2D eigenvalue weighted by Crippen LogP contribution is 2.16. The van der Waals surface area contributed by atoms with Crippen molar-refractivity contribution in [2.45, 2.75) is 84.5 Å². The largest absolute Gasteiger partial charge is 0.356 e. The molecule has 6 nitrogen and oxygen atoms in total. The van der Waals surface area contributed by atoms with Gasteiger partial charge in [0.1, 0.15) is 5.82 Å². The minimum Gasteiger partial charge on any atom is -0.356 e. The Balaban J connectivity index is 2.38. The van der Waals surface area contributed by atoms with E-state index in [0.717, 1.165) is 48.8 Å². The number of hydrogen-bond donors (Lipinski definition) is 2. The second-order valence-corrected chi connectivity index (χ2v) is 8.85. The van der Waals surface area contributed by atoms with Crippen molar-refractivity contribution in [3.05, 3.63) is 5.82 Å². The third-order valence-electron chi connectivity index (χ3n) is 4.42. The molecule has 0 fully saturated rings. The zero-order valence-corrected chi connectivity index (χ0v) is 19.2. The Labute approximate surface area is 170 Å². The molecule has 0 aliphatic rings. The van der Waals surface area contributed by atoms with E-state index >= 15 is 0 Å². The lowest BCUT2D eigenvalue weighted by Crippen LogP contribution is -2.42. The molecule has 1 aromatic rings. The molecule has 1 unspecified atom stereocenters. The summed E-state index contributed by atoms with van der Waals surface area (Å²) in [6, 6.07) is 0.438. The quantitative estimate of drug-likeness (QED) is 0.242. The smallest absolute Gasteiger partial charge is 0.191 e. The van der Waals surface area contributed by atoms with E-state index in [2.05, 4.69) is 71.3 Å². The van der Waals surface area contributed by atoms with Gasteiger partial charge in [0.15, 0.2) is 11.1 Å². The molecule has 1 rings (SSSR count). The summed E-state index contributed by atoms with van der Waals surface area (Å²) in [5.41, 5.74) is 0. The molecule has 0 aliphatic carbocycles. The summed E-state index contributed by atoms with van der Waals surface area (Å²) in [4.78, 5) is 4.35. The zero-order valence-electron chi connectivity index (χ0n) is 18.4. The van der Waals surface area contributed by atoms with Gasteiger partial charge in [0, 0.05) is 32.6 Å². The number of thioether (sulfide) groups is 1. The Bertz CT molecular complexity index is 553. The molecule has 7 heteroatoms. The van der Waals surface area contributed by atoms with Crippen LogP contribution in [0.25, 0.3) is 0 Å². The third kappa shape index (κ3) is 9.49. The summed E-state index contributed by atoms with van der Waals surface area (Å²) in [6.07, 6.45) is 7.71. The first-order chi connectivity index (χ1) is 12.9. The van der Waals surface area contributed by atoms with Crippen LogP contribution < -0.4 is 10.6 Å². The fourth-order valence-corrected chi connectivity index (χ4v) is 3.51. The molecule has 2 N–H and O–H groups in total. The van der Waals surface area contributed by atoms with E-state index in [1.54, 1.807) is 11.8 Å². The molecule has 0 saturated heterocycles. The van der Waals surface area contributed by atoms with E-state index in [0.29, 0.717) is 12.0 Å². The van der Waals surface area contributed by atoms with Gasteiger partial charge in [-0.25, -0.2) is 0 Å². The number of guanidine groups is 1. The van der Waals surface area contributed by atoms with E-state index in [9.17, 15) is 0 Å². The molecule has 156 valence electrons. The number of aliphatic imine (C=N–C) groups is 1. The normalized spacial score (nSPS) is 13.4. The van der Waals surface area contributed by atoms with Crippen molar-refractivity contribution >= 4 is 17.7 Å². The van der Waals surface area contributed by atoms with Gasteiger partial charge in [-0.2, -0.15) is 0 Å². The number of rotatable bonds is 12. The standard InChI is InChI=1S/C20H40N6S/c1-15(2)10-8-11-17(5)23-19(21-6)22-13-9-12-18-24-25-20(27-7)26(18)14-16(3)4/h15-17H,8-14H2,1-7H3,(H2,21,22,23). The SMILES string of the molecule is CN=C(NCCCc1nnc(SC)n1CC(C)C)NC(C)CCCC(C)C. The average Bonchev–Trinajstić information content (AvgIpc) is 2.98. The van der Waals surface area contributed by atoms with Crippen LogP contribution >= 0.6 is 11.8 Å². The molecule has 0 aliphatic heterocycles. The highest BCUT2D eigenvalue weighted by atomic mass is 32.2. The van der Waals surface area contributed by atoms with Gasteiger partial charge in [0.05, 0.1) is 0 Å². The summed E-state index contributed by atoms with van der Waals surface area (Å²) in [5, 5.41) is 16.6. The first-order valence-corrected chi connectivity index (χ1v) is 11.5. The molecule has 0 spiro atoms. The number of nitrogens with one attached hydrogen (secondary N) is 2. The van der Waals surface area contributed by atoms with Crippen LogP contribution in [0.4, 0.5) is 0 Å². The van der Waals surface area contributed by atoms with Gasteiger partial charge in [-0.1, -0.05) is 52.3 Å². The van der Waals surface area contributed by atoms with Gasteiger partial charge in [-0.15, -0.1) is 10.2 Å². The van der Waals surface area contributed by atoms with Crippen molar-refractivity contribution in [2.24, 2.45) is 16.8 Å². The van der Waals surface area contributed by atoms with E-state index in [1.165, 1.54) is 19.3 Å². The average molecular weight is 397 g/mol. The zero-order chi connectivity index (χ0) is 20.2. The first-order valence-electron chi connectivity index (χ1n) is 10.3. The fourth-order valence-electron chi connectivity index (χ4n) is 2.99. The Morgan fingerprint density at radius 3 is 2.41 bits per heavy atom. The maximum atomic E-state index is 4.39. The lowest BCUT2D eigenvalue weighted by Gasteiger charge is -2.18. The minimum absolute atomic E-state index is 0.438. The third-order valence-corrected chi connectivity index (χ3v) is 5.09. The molecule has 1 aromatic heterocycles. The Morgan fingerprint density at radius 2 is 1.81 bits per heavy atom. The maximum Gasteiger partial charge on any atom is 0.191 e. The van der Waals surface area contributed by atoms with Crippen LogP contribution in [0.5, 0.6) is 0 Å². The first kappa shape index (κ1) is 23.8. The van der Waals surface area contributed by atoms with Crippen LogP contribution in [0.2, 0.25) is 0 Å². The van der Waals surface area contributed by atoms with Crippen molar-refractivity contribution in [2.75, 3.05) is 19.8 Å². The van der Waals surface area contributed by atoms with Gasteiger partial charge >= 0.3 is 0 Å². The predicted molar refractivity (Wildman–Crippen MR) is 118 cm³/mol. The molecular formula is C20H40N6S. The molecular weight excluding hydrogens is 356 g/mol. The highest BCUT2D eigenvalue weighted by molar-refractivity contribution is 7.98. The monoisotopic (exact) mass is 396 g/mol. The summed E-state index contributed by atoms with van der Waals surface area (Å²) >= 11 is 1.67. The summed E-state index contributed by atoms with van der Waals surface area (Å²) in [7, 11) is 1.83. The Morgan fingerprint density at radius 1 is 1.07 bits per heavy atom. The van der Waals surface area contributed by atoms with Gasteiger partial charge in [0.2, 0.25) is 0 Å². The van der Waals surface area contributed by atoms with Gasteiger partial charge in [-0.3, -0.25) is 4.99 Å². The molecule has 0 aromatic carbocycles. The number of aryl methyl sites for hydroxylation is 1. The van der Waals surface area contributed by atoms with Crippen LogP contribution in [0.1, 0.15) is 66.1 Å². The van der Waals surface area contributed by atoms with Crippen molar-refractivity contribution in [1.29, 1.82) is 0 Å².